The summed E-state index contributed by atoms with van der Waals surface area (Å²) in [5, 5.41) is 11.4. The summed E-state index contributed by atoms with van der Waals surface area (Å²) in [4.78, 5) is 91.3. The third-order valence-corrected chi connectivity index (χ3v) is 10.2. The van der Waals surface area contributed by atoms with E-state index >= 15 is 0 Å². The predicted molar refractivity (Wildman–Crippen MR) is 183 cm³/mol. The minimum absolute atomic E-state index is 0.00489. The van der Waals surface area contributed by atoms with E-state index in [0.29, 0.717) is 25.8 Å². The van der Waals surface area contributed by atoms with Crippen molar-refractivity contribution in [2.45, 2.75) is 136 Å². The van der Waals surface area contributed by atoms with Gasteiger partial charge in [-0.05, 0) is 55.3 Å². The quantitative estimate of drug-likeness (QED) is 0.217. The molecule has 6 atom stereocenters. The van der Waals surface area contributed by atoms with Gasteiger partial charge >= 0.3 is 0 Å². The van der Waals surface area contributed by atoms with Crippen LogP contribution in [0.4, 0.5) is 0 Å². The van der Waals surface area contributed by atoms with Gasteiger partial charge in [0.2, 0.25) is 23.5 Å². The highest BCUT2D eigenvalue weighted by Gasteiger charge is 2.49. The lowest BCUT2D eigenvalue weighted by molar-refractivity contribution is -0.146. The molecule has 0 spiro atoms. The number of ketones is 1. The molecule has 4 N–H and O–H groups in total. The summed E-state index contributed by atoms with van der Waals surface area (Å²) in [7, 11) is 0. The van der Waals surface area contributed by atoms with Crippen molar-refractivity contribution in [1.29, 1.82) is 0 Å². The molecule has 49 heavy (non-hydrogen) atoms. The van der Waals surface area contributed by atoms with Gasteiger partial charge in [0.1, 0.15) is 23.8 Å². The number of hydrogen-bond donors (Lipinski definition) is 4. The number of carbonyl (C=O) groups excluding carboxylic acids is 6. The van der Waals surface area contributed by atoms with E-state index in [1.54, 1.807) is 0 Å². The first kappa shape index (κ1) is 37.9. The van der Waals surface area contributed by atoms with Gasteiger partial charge in [-0.25, -0.2) is 4.98 Å². The van der Waals surface area contributed by atoms with Crippen LogP contribution in [0.3, 0.4) is 0 Å². The number of carbonyl (C=O) groups is 6. The maximum atomic E-state index is 14.6. The lowest BCUT2D eigenvalue weighted by Gasteiger charge is -2.38. The molecule has 0 aromatic carbocycles. The summed E-state index contributed by atoms with van der Waals surface area (Å²) in [6.07, 6.45) is 11.8. The highest BCUT2D eigenvalue weighted by molar-refractivity contribution is 6.38. The Kier molecular flexibility index (Phi) is 12.9. The number of amides is 5. The molecule has 13 heteroatoms. The van der Waals surface area contributed by atoms with Crippen LogP contribution in [-0.4, -0.2) is 86.9 Å². The molecule has 0 unspecified atom stereocenters. The average Bonchev–Trinajstić information content (AvgIpc) is 3.83. The van der Waals surface area contributed by atoms with Gasteiger partial charge in [-0.3, -0.25) is 33.8 Å². The zero-order chi connectivity index (χ0) is 35.9. The molecule has 2 saturated carbocycles. The molecule has 13 nitrogen and oxygen atoms in total. The van der Waals surface area contributed by atoms with E-state index < -0.39 is 64.9 Å². The van der Waals surface area contributed by atoms with Crippen molar-refractivity contribution in [3.05, 3.63) is 24.3 Å². The molecule has 2 aliphatic carbocycles. The monoisotopic (exact) mass is 681 g/mol. The number of nitrogens with zero attached hydrogens (tertiary/aromatic N) is 3. The van der Waals surface area contributed by atoms with Crippen LogP contribution in [0.5, 0.6) is 0 Å². The molecule has 1 saturated heterocycles. The van der Waals surface area contributed by atoms with E-state index in [9.17, 15) is 28.8 Å². The fourth-order valence-corrected chi connectivity index (χ4v) is 7.29. The van der Waals surface area contributed by atoms with Crippen LogP contribution < -0.4 is 21.3 Å². The molecule has 5 amide bonds. The van der Waals surface area contributed by atoms with Crippen LogP contribution in [0.2, 0.25) is 0 Å². The maximum Gasteiger partial charge on any atom is 0.289 e. The Labute approximate surface area is 289 Å². The minimum atomic E-state index is -1.02. The number of rotatable bonds is 14. The highest BCUT2D eigenvalue weighted by atomic mass is 16.2. The zero-order valence-electron chi connectivity index (χ0n) is 29.9. The fraction of sp³-hybridized carbons (Fsp3) is 0.722. The predicted octanol–water partition coefficient (Wildman–Crippen LogP) is 2.69. The van der Waals surface area contributed by atoms with E-state index in [1.807, 2.05) is 41.5 Å². The van der Waals surface area contributed by atoms with Gasteiger partial charge in [0.05, 0.1) is 12.2 Å². The first-order chi connectivity index (χ1) is 23.3. The molecule has 3 fully saturated rings. The number of hydrogen-bond acceptors (Lipinski definition) is 8. The Morgan fingerprint density at radius 2 is 1.63 bits per heavy atom. The summed E-state index contributed by atoms with van der Waals surface area (Å²) in [5.41, 5.74) is -0.662. The molecule has 4 rings (SSSR count). The second kappa shape index (κ2) is 16.7. The summed E-state index contributed by atoms with van der Waals surface area (Å²) < 4.78 is 0. The van der Waals surface area contributed by atoms with Gasteiger partial charge in [-0.2, -0.15) is 0 Å². The smallest absolute Gasteiger partial charge is 0.289 e. The van der Waals surface area contributed by atoms with E-state index in [-0.39, 0.29) is 29.5 Å². The Bertz CT molecular complexity index is 1360. The molecular weight excluding hydrogens is 626 g/mol. The number of Topliss-reactive ketones (excluding diaryl/α,β-unsaturated/α-hetero) is 1. The first-order valence-corrected chi connectivity index (χ1v) is 18.1. The van der Waals surface area contributed by atoms with Crippen LogP contribution in [0, 0.1) is 23.2 Å². The Morgan fingerprint density at radius 1 is 0.939 bits per heavy atom. The minimum Gasteiger partial charge on any atom is -0.347 e. The summed E-state index contributed by atoms with van der Waals surface area (Å²) in [6.45, 7) is 11.7. The Balaban J connectivity index is 1.57. The molecule has 0 radical (unpaired) electrons. The van der Waals surface area contributed by atoms with Crippen LogP contribution in [0.1, 0.15) is 116 Å². The van der Waals surface area contributed by atoms with Crippen molar-refractivity contribution < 1.29 is 28.8 Å². The van der Waals surface area contributed by atoms with Crippen molar-refractivity contribution in [2.24, 2.45) is 23.2 Å². The third kappa shape index (κ3) is 9.63. The largest absolute Gasteiger partial charge is 0.347 e. The SMILES string of the molecule is CCC[C@H](NC(=O)[C@@H]1[C@@H](CC)[C@@H](C)CN1C(=O)[C@@H](NC(=O)[C@@H](NC(=O)c1cnccn1)C1CCCCC1)C(C)(C)C)C(=O)C(=O)NC1CC1. The van der Waals surface area contributed by atoms with E-state index in [0.717, 1.165) is 44.9 Å². The topological polar surface area (TPSA) is 180 Å². The number of aromatic nitrogens is 2. The normalized spacial score (nSPS) is 23.1. The van der Waals surface area contributed by atoms with Crippen molar-refractivity contribution in [3.63, 3.8) is 0 Å². The average molecular weight is 682 g/mol. The van der Waals surface area contributed by atoms with Gasteiger partial charge in [-0.15, -0.1) is 0 Å². The van der Waals surface area contributed by atoms with Crippen LogP contribution >= 0.6 is 0 Å². The van der Waals surface area contributed by atoms with Crippen LogP contribution in [0.15, 0.2) is 18.6 Å². The molecule has 3 aliphatic rings. The van der Waals surface area contributed by atoms with E-state index in [1.165, 1.54) is 23.5 Å². The Hall–Kier alpha value is -3.90. The van der Waals surface area contributed by atoms with E-state index in [2.05, 4.69) is 31.2 Å². The van der Waals surface area contributed by atoms with Gasteiger partial charge in [0.15, 0.2) is 0 Å². The maximum absolute atomic E-state index is 14.6. The summed E-state index contributed by atoms with van der Waals surface area (Å²) in [5.74, 6) is -3.60. The van der Waals surface area contributed by atoms with Crippen molar-refractivity contribution in [2.75, 3.05) is 6.54 Å². The van der Waals surface area contributed by atoms with Crippen LogP contribution in [0.25, 0.3) is 0 Å². The molecule has 2 heterocycles. The van der Waals surface area contributed by atoms with Gasteiger partial charge in [0, 0.05) is 25.0 Å². The molecule has 1 aromatic heterocycles. The summed E-state index contributed by atoms with van der Waals surface area (Å²) >= 11 is 0. The fourth-order valence-electron chi connectivity index (χ4n) is 7.29. The second-order valence-corrected chi connectivity index (χ2v) is 15.2. The standard InChI is InChI=1S/C36H55N7O6/c1-7-12-25(29(44)34(48)39-23-15-16-23)40-33(47)28-24(8-2)21(3)20-43(28)35(49)30(36(4,5)6)42-32(46)27(22-13-10-9-11-14-22)41-31(45)26-19-37-17-18-38-26/h17-19,21-25,27-28,30H,7-16,20H2,1-6H3,(H,39,48)(H,40,47)(H,41,45)(H,42,46)/t21-,24-,25-,27-,28-,30+/m0/s1. The first-order valence-electron chi connectivity index (χ1n) is 18.1. The number of nitrogens with one attached hydrogen (secondary N) is 4. The lowest BCUT2D eigenvalue weighted by atomic mass is 9.82. The number of likely N-dealkylation sites (tertiary alicyclic amines) is 1. The molecule has 1 aliphatic heterocycles. The van der Waals surface area contributed by atoms with Crippen molar-refractivity contribution in [1.82, 2.24) is 36.1 Å². The van der Waals surface area contributed by atoms with Gasteiger partial charge in [-0.1, -0.05) is 73.6 Å². The lowest BCUT2D eigenvalue weighted by Crippen LogP contribution is -2.62. The highest BCUT2D eigenvalue weighted by Crippen LogP contribution is 2.35. The second-order valence-electron chi connectivity index (χ2n) is 15.2. The molecule has 1 aromatic rings. The van der Waals surface area contributed by atoms with Crippen molar-refractivity contribution >= 4 is 35.3 Å². The zero-order valence-corrected chi connectivity index (χ0v) is 29.9. The summed E-state index contributed by atoms with van der Waals surface area (Å²) in [6, 6.07) is -3.80. The van der Waals surface area contributed by atoms with E-state index in [4.69, 9.17) is 0 Å². The van der Waals surface area contributed by atoms with Gasteiger partial charge in [0.25, 0.3) is 11.8 Å². The van der Waals surface area contributed by atoms with Crippen LogP contribution in [-0.2, 0) is 24.0 Å². The Morgan fingerprint density at radius 3 is 2.20 bits per heavy atom. The molecular formula is C36H55N7O6. The van der Waals surface area contributed by atoms with Gasteiger partial charge < -0.3 is 26.2 Å². The molecule has 0 bridgehead atoms. The van der Waals surface area contributed by atoms with Crippen molar-refractivity contribution in [3.8, 4) is 0 Å². The third-order valence-electron chi connectivity index (χ3n) is 10.2. The molecule has 270 valence electrons.